The van der Waals surface area contributed by atoms with Crippen LogP contribution in [-0.4, -0.2) is 0 Å². The van der Waals surface area contributed by atoms with Crippen LogP contribution in [0, 0.1) is 0 Å². The summed E-state index contributed by atoms with van der Waals surface area (Å²) < 4.78 is 0. The highest BCUT2D eigenvalue weighted by Crippen LogP contribution is 2.52. The Labute approximate surface area is 313 Å². The van der Waals surface area contributed by atoms with Gasteiger partial charge in [0.1, 0.15) is 0 Å². The van der Waals surface area contributed by atoms with Crippen LogP contribution < -0.4 is 4.90 Å². The summed E-state index contributed by atoms with van der Waals surface area (Å²) in [6.07, 6.45) is 5.37. The predicted octanol–water partition coefficient (Wildman–Crippen LogP) is 14.8. The Hall–Kier alpha value is -5.92. The summed E-state index contributed by atoms with van der Waals surface area (Å²) in [6.45, 7) is 4.74. The molecular formula is C52H43N. The van der Waals surface area contributed by atoms with Crippen molar-refractivity contribution >= 4 is 38.6 Å². The van der Waals surface area contributed by atoms with Crippen molar-refractivity contribution < 1.29 is 0 Å². The average Bonchev–Trinajstić information content (AvgIpc) is 3.83. The minimum absolute atomic E-state index is 0.0874. The Kier molecular flexibility index (Phi) is 7.58. The molecule has 0 aliphatic heterocycles. The van der Waals surface area contributed by atoms with Gasteiger partial charge in [-0.25, -0.2) is 0 Å². The third kappa shape index (κ3) is 5.37. The molecule has 8 aromatic carbocycles. The minimum Gasteiger partial charge on any atom is -0.310 e. The van der Waals surface area contributed by atoms with E-state index in [4.69, 9.17) is 0 Å². The molecule has 0 N–H and O–H groups in total. The quantitative estimate of drug-likeness (QED) is 0.169. The smallest absolute Gasteiger partial charge is 0.0546 e. The maximum absolute atomic E-state index is 2.47. The van der Waals surface area contributed by atoms with E-state index >= 15 is 0 Å². The first kappa shape index (κ1) is 31.8. The van der Waals surface area contributed by atoms with Crippen LogP contribution in [0.5, 0.6) is 0 Å². The maximum atomic E-state index is 2.47. The van der Waals surface area contributed by atoms with Gasteiger partial charge in [0.05, 0.1) is 5.69 Å². The fourth-order valence-corrected chi connectivity index (χ4v) is 9.36. The second-order valence-electron chi connectivity index (χ2n) is 15.6. The molecule has 0 bridgehead atoms. The average molecular weight is 682 g/mol. The van der Waals surface area contributed by atoms with E-state index in [1.54, 1.807) is 0 Å². The minimum atomic E-state index is -0.0874. The standard InChI is InChI=1S/C52H43N/c1-52(2)48-18-10-9-17-46(48)47-31-26-42(34-49(47)52)51-45-16-8-7-14-40(45)27-32-50(51)53(44-30-25-36-13-5-6-15-41(36)33-44)43-28-23-39(24-29-43)38-21-19-37(20-22-38)35-11-3-4-12-35/h5-10,13-35H,3-4,11-12H2,1-2H3. The van der Waals surface area contributed by atoms with Gasteiger partial charge in [-0.2, -0.15) is 0 Å². The van der Waals surface area contributed by atoms with Crippen LogP contribution in [0.2, 0.25) is 0 Å². The molecule has 0 unspecified atom stereocenters. The Morgan fingerprint density at radius 2 is 1.08 bits per heavy atom. The van der Waals surface area contributed by atoms with Gasteiger partial charge >= 0.3 is 0 Å². The van der Waals surface area contributed by atoms with E-state index in [1.807, 2.05) is 0 Å². The lowest BCUT2D eigenvalue weighted by molar-refractivity contribution is 0.660. The molecule has 2 aliphatic carbocycles. The molecule has 0 radical (unpaired) electrons. The van der Waals surface area contributed by atoms with E-state index in [9.17, 15) is 0 Å². The van der Waals surface area contributed by atoms with Gasteiger partial charge in [-0.15, -0.1) is 0 Å². The van der Waals surface area contributed by atoms with Crippen molar-refractivity contribution in [2.45, 2.75) is 50.9 Å². The highest BCUT2D eigenvalue weighted by molar-refractivity contribution is 6.06. The van der Waals surface area contributed by atoms with Crippen LogP contribution in [0.15, 0.2) is 170 Å². The summed E-state index contributed by atoms with van der Waals surface area (Å²) in [6, 6.07) is 63.7. The molecule has 0 heterocycles. The molecular weight excluding hydrogens is 639 g/mol. The van der Waals surface area contributed by atoms with Gasteiger partial charge in [-0.05, 0) is 121 Å². The second kappa shape index (κ2) is 12.6. The molecule has 0 saturated heterocycles. The van der Waals surface area contributed by atoms with Gasteiger partial charge in [0.25, 0.3) is 0 Å². The zero-order valence-electron chi connectivity index (χ0n) is 30.5. The highest BCUT2D eigenvalue weighted by atomic mass is 15.1. The Morgan fingerprint density at radius 1 is 0.472 bits per heavy atom. The van der Waals surface area contributed by atoms with Gasteiger partial charge in [0, 0.05) is 22.4 Å². The monoisotopic (exact) mass is 681 g/mol. The zero-order chi connectivity index (χ0) is 35.5. The van der Waals surface area contributed by atoms with Crippen LogP contribution in [0.4, 0.5) is 17.1 Å². The van der Waals surface area contributed by atoms with Crippen molar-refractivity contribution in [3.8, 4) is 33.4 Å². The summed E-state index contributed by atoms with van der Waals surface area (Å²) >= 11 is 0. The van der Waals surface area contributed by atoms with Crippen molar-refractivity contribution in [3.63, 3.8) is 0 Å². The molecule has 0 amide bonds. The third-order valence-corrected chi connectivity index (χ3v) is 12.2. The molecule has 2 aliphatic rings. The van der Waals surface area contributed by atoms with Crippen molar-refractivity contribution in [1.29, 1.82) is 0 Å². The van der Waals surface area contributed by atoms with Gasteiger partial charge in [0.2, 0.25) is 0 Å². The van der Waals surface area contributed by atoms with E-state index in [0.29, 0.717) is 0 Å². The van der Waals surface area contributed by atoms with Gasteiger partial charge in [0.15, 0.2) is 0 Å². The van der Waals surface area contributed by atoms with Gasteiger partial charge in [-0.3, -0.25) is 0 Å². The molecule has 0 atom stereocenters. The summed E-state index contributed by atoms with van der Waals surface area (Å²) in [5, 5.41) is 4.97. The van der Waals surface area contributed by atoms with E-state index < -0.39 is 0 Å². The van der Waals surface area contributed by atoms with Crippen molar-refractivity contribution in [2.75, 3.05) is 4.90 Å². The summed E-state index contributed by atoms with van der Waals surface area (Å²) in [5.41, 5.74) is 15.3. The fraction of sp³-hybridized carbons (Fsp3) is 0.154. The van der Waals surface area contributed by atoms with Gasteiger partial charge in [-0.1, -0.05) is 160 Å². The topological polar surface area (TPSA) is 3.24 Å². The van der Waals surface area contributed by atoms with E-state index in [0.717, 1.165) is 17.3 Å². The summed E-state index contributed by atoms with van der Waals surface area (Å²) in [4.78, 5) is 2.47. The van der Waals surface area contributed by atoms with Crippen molar-refractivity contribution in [3.05, 3.63) is 187 Å². The normalized spacial score (nSPS) is 14.8. The van der Waals surface area contributed by atoms with Crippen LogP contribution in [0.3, 0.4) is 0 Å². The molecule has 8 aromatic rings. The first-order valence-corrected chi connectivity index (χ1v) is 19.3. The lowest BCUT2D eigenvalue weighted by Gasteiger charge is -2.30. The van der Waals surface area contributed by atoms with Crippen LogP contribution in [0.1, 0.15) is 62.1 Å². The number of nitrogens with zero attached hydrogens (tertiary/aromatic N) is 1. The van der Waals surface area contributed by atoms with E-state index in [2.05, 4.69) is 189 Å². The number of anilines is 3. The molecule has 0 spiro atoms. The van der Waals surface area contributed by atoms with E-state index in [1.165, 1.54) is 103 Å². The SMILES string of the molecule is CC1(C)c2ccccc2-c2ccc(-c3c(N(c4ccc(-c5ccc(C6CCCC6)cc5)cc4)c4ccc5ccccc5c4)ccc4ccccc34)cc21. The number of benzene rings is 8. The third-order valence-electron chi connectivity index (χ3n) is 12.2. The largest absolute Gasteiger partial charge is 0.310 e. The summed E-state index contributed by atoms with van der Waals surface area (Å²) in [5.74, 6) is 0.727. The number of hydrogen-bond acceptors (Lipinski definition) is 1. The fourth-order valence-electron chi connectivity index (χ4n) is 9.36. The molecule has 10 rings (SSSR count). The first-order chi connectivity index (χ1) is 26.0. The van der Waals surface area contributed by atoms with Crippen LogP contribution >= 0.6 is 0 Å². The Bertz CT molecular complexity index is 2640. The van der Waals surface area contributed by atoms with E-state index in [-0.39, 0.29) is 5.41 Å². The molecule has 0 aromatic heterocycles. The molecule has 53 heavy (non-hydrogen) atoms. The first-order valence-electron chi connectivity index (χ1n) is 19.3. The predicted molar refractivity (Wildman–Crippen MR) is 226 cm³/mol. The highest BCUT2D eigenvalue weighted by Gasteiger charge is 2.35. The Morgan fingerprint density at radius 3 is 1.87 bits per heavy atom. The van der Waals surface area contributed by atoms with Crippen LogP contribution in [0.25, 0.3) is 54.9 Å². The second-order valence-corrected chi connectivity index (χ2v) is 15.6. The lowest BCUT2D eigenvalue weighted by Crippen LogP contribution is -2.15. The van der Waals surface area contributed by atoms with Gasteiger partial charge < -0.3 is 4.90 Å². The number of fused-ring (bicyclic) bond motifs is 5. The number of hydrogen-bond donors (Lipinski definition) is 0. The van der Waals surface area contributed by atoms with Crippen molar-refractivity contribution in [1.82, 2.24) is 0 Å². The molecule has 256 valence electrons. The maximum Gasteiger partial charge on any atom is 0.0546 e. The van der Waals surface area contributed by atoms with Crippen LogP contribution in [-0.2, 0) is 5.41 Å². The summed E-state index contributed by atoms with van der Waals surface area (Å²) in [7, 11) is 0. The zero-order valence-corrected chi connectivity index (χ0v) is 30.5. The lowest BCUT2D eigenvalue weighted by atomic mass is 9.81. The van der Waals surface area contributed by atoms with Crippen molar-refractivity contribution in [2.24, 2.45) is 0 Å². The Balaban J connectivity index is 1.14. The molecule has 1 nitrogen and oxygen atoms in total. The molecule has 1 fully saturated rings. The molecule has 1 saturated carbocycles. The molecule has 1 heteroatoms. The number of rotatable bonds is 6.